The summed E-state index contributed by atoms with van der Waals surface area (Å²) in [5.74, 6) is -0.0455. The van der Waals surface area contributed by atoms with Gasteiger partial charge in [-0.25, -0.2) is 0 Å². The third-order valence-electron chi connectivity index (χ3n) is 2.16. The summed E-state index contributed by atoms with van der Waals surface area (Å²) >= 11 is 0. The van der Waals surface area contributed by atoms with E-state index in [0.717, 1.165) is 25.7 Å². The van der Waals surface area contributed by atoms with Gasteiger partial charge in [-0.2, -0.15) is 5.26 Å². The smallest absolute Gasteiger partial charge is 0.248 e. The molecule has 0 saturated heterocycles. The molecule has 0 spiro atoms. The number of nitrogens with zero attached hydrogens (tertiary/aromatic N) is 1. The van der Waals surface area contributed by atoms with Crippen molar-refractivity contribution in [2.24, 2.45) is 0 Å². The first-order chi connectivity index (χ1) is 6.29. The molecule has 1 aliphatic rings. The average Bonchev–Trinajstić information content (AvgIpc) is 2.61. The summed E-state index contributed by atoms with van der Waals surface area (Å²) in [5, 5.41) is 11.5. The molecule has 1 aliphatic carbocycles. The maximum absolute atomic E-state index is 11.5. The molecule has 0 heterocycles. The topological polar surface area (TPSA) is 52.9 Å². The van der Waals surface area contributed by atoms with Gasteiger partial charge < -0.3 is 5.32 Å². The van der Waals surface area contributed by atoms with Crippen LogP contribution in [0.5, 0.6) is 0 Å². The minimum absolute atomic E-state index is 0.0455. The number of amides is 1. The summed E-state index contributed by atoms with van der Waals surface area (Å²) in [7, 11) is 0. The van der Waals surface area contributed by atoms with Crippen molar-refractivity contribution in [3.8, 4) is 6.07 Å². The molecule has 0 aliphatic heterocycles. The fourth-order valence-corrected chi connectivity index (χ4v) is 1.46. The van der Waals surface area contributed by atoms with E-state index in [0.29, 0.717) is 17.7 Å². The first-order valence-corrected chi connectivity index (χ1v) is 4.70. The van der Waals surface area contributed by atoms with Gasteiger partial charge in [-0.1, -0.05) is 6.92 Å². The van der Waals surface area contributed by atoms with Crippen molar-refractivity contribution in [3.63, 3.8) is 0 Å². The van der Waals surface area contributed by atoms with Crippen LogP contribution in [0.15, 0.2) is 11.1 Å². The van der Waals surface area contributed by atoms with Gasteiger partial charge in [0.2, 0.25) is 5.91 Å². The van der Waals surface area contributed by atoms with Crippen LogP contribution in [0.25, 0.3) is 0 Å². The Balaban J connectivity index is 2.60. The van der Waals surface area contributed by atoms with Gasteiger partial charge in [0.05, 0.1) is 6.07 Å². The predicted molar refractivity (Wildman–Crippen MR) is 49.8 cm³/mol. The molecule has 0 radical (unpaired) electrons. The van der Waals surface area contributed by atoms with Gasteiger partial charge in [0.15, 0.2) is 0 Å². The van der Waals surface area contributed by atoms with E-state index in [9.17, 15) is 4.79 Å². The molecular formula is C10H14N2O. The summed E-state index contributed by atoms with van der Waals surface area (Å²) < 4.78 is 0. The summed E-state index contributed by atoms with van der Waals surface area (Å²) in [4.78, 5) is 11.5. The molecular weight excluding hydrogens is 164 g/mol. The van der Waals surface area contributed by atoms with Crippen LogP contribution in [-0.2, 0) is 4.79 Å². The first-order valence-electron chi connectivity index (χ1n) is 4.70. The zero-order valence-electron chi connectivity index (χ0n) is 7.89. The molecule has 0 aromatic carbocycles. The second-order valence-corrected chi connectivity index (χ2v) is 3.18. The van der Waals surface area contributed by atoms with Gasteiger partial charge in [-0.3, -0.25) is 4.79 Å². The molecule has 0 aromatic heterocycles. The number of carbonyl (C=O) groups excluding carboxylic acids is 1. The van der Waals surface area contributed by atoms with Crippen LogP contribution in [0.1, 0.15) is 32.6 Å². The standard InChI is InChI=1S/C10H14N2O/c1-2-6-12-10(13)9-5-3-4-8(9)7-11/h2-6H2,1H3,(H,12,13). The molecule has 0 aromatic rings. The van der Waals surface area contributed by atoms with Crippen LogP contribution < -0.4 is 5.32 Å². The summed E-state index contributed by atoms with van der Waals surface area (Å²) in [5.41, 5.74) is 1.38. The van der Waals surface area contributed by atoms with Crippen molar-refractivity contribution >= 4 is 5.91 Å². The number of nitrogens with one attached hydrogen (secondary N) is 1. The van der Waals surface area contributed by atoms with E-state index in [-0.39, 0.29) is 5.91 Å². The fourth-order valence-electron chi connectivity index (χ4n) is 1.46. The van der Waals surface area contributed by atoms with E-state index in [1.807, 2.05) is 6.92 Å². The Hall–Kier alpha value is -1.30. The molecule has 0 atom stereocenters. The van der Waals surface area contributed by atoms with E-state index in [2.05, 4.69) is 11.4 Å². The molecule has 13 heavy (non-hydrogen) atoms. The largest absolute Gasteiger partial charge is 0.352 e. The fraction of sp³-hybridized carbons (Fsp3) is 0.600. The molecule has 3 nitrogen and oxygen atoms in total. The van der Waals surface area contributed by atoms with Crippen molar-refractivity contribution in [2.75, 3.05) is 6.54 Å². The third-order valence-corrected chi connectivity index (χ3v) is 2.16. The molecule has 1 rings (SSSR count). The number of allylic oxidation sites excluding steroid dienone is 1. The predicted octanol–water partition coefficient (Wildman–Crippen LogP) is 1.52. The van der Waals surface area contributed by atoms with Gasteiger partial charge in [0.1, 0.15) is 0 Å². The van der Waals surface area contributed by atoms with Crippen LogP contribution in [-0.4, -0.2) is 12.5 Å². The van der Waals surface area contributed by atoms with Gasteiger partial charge in [-0.05, 0) is 25.7 Å². The first kappa shape index (κ1) is 9.79. The van der Waals surface area contributed by atoms with E-state index in [1.165, 1.54) is 0 Å². The zero-order chi connectivity index (χ0) is 9.68. The Bertz CT molecular complexity index is 273. The van der Waals surface area contributed by atoms with Gasteiger partial charge >= 0.3 is 0 Å². The lowest BCUT2D eigenvalue weighted by atomic mass is 10.1. The molecule has 3 heteroatoms. The maximum atomic E-state index is 11.5. The van der Waals surface area contributed by atoms with Crippen molar-refractivity contribution < 1.29 is 4.79 Å². The highest BCUT2D eigenvalue weighted by Gasteiger charge is 2.19. The van der Waals surface area contributed by atoms with Crippen molar-refractivity contribution in [1.82, 2.24) is 5.32 Å². The Labute approximate surface area is 78.4 Å². The molecule has 0 fully saturated rings. The van der Waals surface area contributed by atoms with Crippen LogP contribution in [0.2, 0.25) is 0 Å². The number of rotatable bonds is 3. The second kappa shape index (κ2) is 4.66. The van der Waals surface area contributed by atoms with E-state index >= 15 is 0 Å². The monoisotopic (exact) mass is 178 g/mol. The Morgan fingerprint density at radius 3 is 3.00 bits per heavy atom. The van der Waals surface area contributed by atoms with E-state index < -0.39 is 0 Å². The minimum Gasteiger partial charge on any atom is -0.352 e. The van der Waals surface area contributed by atoms with E-state index in [1.54, 1.807) is 0 Å². The normalized spacial score (nSPS) is 15.7. The Kier molecular flexibility index (Phi) is 3.51. The Morgan fingerprint density at radius 2 is 2.38 bits per heavy atom. The van der Waals surface area contributed by atoms with Crippen molar-refractivity contribution in [1.29, 1.82) is 5.26 Å². The molecule has 1 amide bonds. The van der Waals surface area contributed by atoms with Crippen molar-refractivity contribution in [2.45, 2.75) is 32.6 Å². The van der Waals surface area contributed by atoms with Crippen molar-refractivity contribution in [3.05, 3.63) is 11.1 Å². The van der Waals surface area contributed by atoms with Gasteiger partial charge in [0, 0.05) is 17.7 Å². The summed E-state index contributed by atoms with van der Waals surface area (Å²) in [6.45, 7) is 2.70. The lowest BCUT2D eigenvalue weighted by Gasteiger charge is -2.03. The van der Waals surface area contributed by atoms with Crippen LogP contribution in [0.3, 0.4) is 0 Å². The molecule has 0 bridgehead atoms. The number of hydrogen-bond donors (Lipinski definition) is 1. The highest BCUT2D eigenvalue weighted by molar-refractivity contribution is 5.95. The highest BCUT2D eigenvalue weighted by atomic mass is 16.1. The van der Waals surface area contributed by atoms with Crippen LogP contribution >= 0.6 is 0 Å². The van der Waals surface area contributed by atoms with Gasteiger partial charge in [0.25, 0.3) is 0 Å². The van der Waals surface area contributed by atoms with Crippen LogP contribution in [0, 0.1) is 11.3 Å². The molecule has 0 unspecified atom stereocenters. The lowest BCUT2D eigenvalue weighted by Crippen LogP contribution is -2.25. The quantitative estimate of drug-likeness (QED) is 0.712. The molecule has 1 N–H and O–H groups in total. The third kappa shape index (κ3) is 2.32. The average molecular weight is 178 g/mol. The Morgan fingerprint density at radius 1 is 1.62 bits per heavy atom. The van der Waals surface area contributed by atoms with Crippen LogP contribution in [0.4, 0.5) is 0 Å². The SMILES string of the molecule is CCCNC(=O)C1=C(C#N)CCC1. The highest BCUT2D eigenvalue weighted by Crippen LogP contribution is 2.25. The zero-order valence-corrected chi connectivity index (χ0v) is 7.89. The summed E-state index contributed by atoms with van der Waals surface area (Å²) in [6, 6.07) is 2.09. The summed E-state index contributed by atoms with van der Waals surface area (Å²) in [6.07, 6.45) is 3.41. The number of carbonyl (C=O) groups is 1. The number of hydrogen-bond acceptors (Lipinski definition) is 2. The molecule has 0 saturated carbocycles. The molecule has 70 valence electrons. The maximum Gasteiger partial charge on any atom is 0.248 e. The second-order valence-electron chi connectivity index (χ2n) is 3.18. The van der Waals surface area contributed by atoms with E-state index in [4.69, 9.17) is 5.26 Å². The van der Waals surface area contributed by atoms with Gasteiger partial charge in [-0.15, -0.1) is 0 Å². The minimum atomic E-state index is -0.0455. The lowest BCUT2D eigenvalue weighted by molar-refractivity contribution is -0.117. The number of nitriles is 1.